The van der Waals surface area contributed by atoms with Crippen LogP contribution in [0, 0.1) is 5.82 Å². The van der Waals surface area contributed by atoms with Crippen LogP contribution in [-0.2, 0) is 20.9 Å². The fraction of sp³-hybridized carbons (Fsp3) is 0.0714. The molecule has 0 spiro atoms. The fourth-order valence-electron chi connectivity index (χ4n) is 4.48. The van der Waals surface area contributed by atoms with Crippen LogP contribution < -0.4 is 25.0 Å². The van der Waals surface area contributed by atoms with E-state index in [1.807, 2.05) is 0 Å². The molecule has 4 aromatic rings. The Kier molecular flexibility index (Phi) is 5.80. The standard InChI is InChI=1S/C28H19FN4O6/c29-17-5-7-18(8-6-17)30-25(34)14-32-13-16(20-3-1-2-4-22(20)32)11-21-26(35)31-28(37)33(27(21)36)19-9-10-23-24(12-19)39-15-38-23/h1-13H,14-15H2,(H,30,34)(H,31,35,37)/b21-11+. The maximum absolute atomic E-state index is 13.4. The van der Waals surface area contributed by atoms with Gasteiger partial charge in [0.25, 0.3) is 11.8 Å². The number of barbiturate groups is 1. The van der Waals surface area contributed by atoms with Crippen molar-refractivity contribution in [2.75, 3.05) is 17.0 Å². The average molecular weight is 526 g/mol. The van der Waals surface area contributed by atoms with Crippen molar-refractivity contribution in [1.82, 2.24) is 9.88 Å². The molecule has 11 heteroatoms. The van der Waals surface area contributed by atoms with Crippen LogP contribution in [0.15, 0.2) is 78.5 Å². The number of rotatable bonds is 5. The van der Waals surface area contributed by atoms with Crippen LogP contribution in [0.2, 0.25) is 0 Å². The summed E-state index contributed by atoms with van der Waals surface area (Å²) < 4.78 is 25.5. The molecule has 0 unspecified atom stereocenters. The lowest BCUT2D eigenvalue weighted by atomic mass is 10.1. The largest absolute Gasteiger partial charge is 0.454 e. The quantitative estimate of drug-likeness (QED) is 0.302. The number of hydrogen-bond donors (Lipinski definition) is 2. The zero-order chi connectivity index (χ0) is 27.1. The number of nitrogens with zero attached hydrogens (tertiary/aromatic N) is 2. The first-order valence-electron chi connectivity index (χ1n) is 11.8. The van der Waals surface area contributed by atoms with Gasteiger partial charge in [-0.3, -0.25) is 19.7 Å². The molecule has 0 radical (unpaired) electrons. The third-order valence-electron chi connectivity index (χ3n) is 6.28. The first-order chi connectivity index (χ1) is 18.9. The van der Waals surface area contributed by atoms with E-state index in [1.165, 1.54) is 42.5 Å². The molecular formula is C28H19FN4O6. The fourth-order valence-corrected chi connectivity index (χ4v) is 4.48. The lowest BCUT2D eigenvalue weighted by Crippen LogP contribution is -2.54. The molecule has 10 nitrogen and oxygen atoms in total. The van der Waals surface area contributed by atoms with E-state index >= 15 is 0 Å². The zero-order valence-electron chi connectivity index (χ0n) is 20.1. The molecule has 1 aromatic heterocycles. The predicted octanol–water partition coefficient (Wildman–Crippen LogP) is 3.81. The van der Waals surface area contributed by atoms with Gasteiger partial charge in [0.15, 0.2) is 11.5 Å². The molecule has 2 aliphatic rings. The van der Waals surface area contributed by atoms with E-state index in [0.29, 0.717) is 33.7 Å². The van der Waals surface area contributed by atoms with Gasteiger partial charge in [-0.15, -0.1) is 0 Å². The second kappa shape index (κ2) is 9.45. The highest BCUT2D eigenvalue weighted by atomic mass is 19.1. The van der Waals surface area contributed by atoms with Gasteiger partial charge in [0.1, 0.15) is 17.9 Å². The molecule has 0 aliphatic carbocycles. The lowest BCUT2D eigenvalue weighted by molar-refractivity contribution is -0.122. The Labute approximate surface area is 220 Å². The van der Waals surface area contributed by atoms with Gasteiger partial charge < -0.3 is 19.4 Å². The molecule has 0 atom stereocenters. The molecule has 0 saturated carbocycles. The highest BCUT2D eigenvalue weighted by Crippen LogP contribution is 2.36. The monoisotopic (exact) mass is 526 g/mol. The number of urea groups is 1. The Bertz CT molecular complexity index is 1710. The molecule has 2 aliphatic heterocycles. The number of ether oxygens (including phenoxy) is 2. The summed E-state index contributed by atoms with van der Waals surface area (Å²) in [4.78, 5) is 52.3. The first kappa shape index (κ1) is 23.9. The van der Waals surface area contributed by atoms with Gasteiger partial charge in [-0.05, 0) is 48.5 Å². The summed E-state index contributed by atoms with van der Waals surface area (Å²) in [6.45, 7) is -0.0580. The molecular weight excluding hydrogens is 507 g/mol. The van der Waals surface area contributed by atoms with E-state index in [2.05, 4.69) is 10.6 Å². The molecule has 2 N–H and O–H groups in total. The number of benzene rings is 3. The smallest absolute Gasteiger partial charge is 0.335 e. The van der Waals surface area contributed by atoms with Crippen molar-refractivity contribution in [3.05, 3.63) is 89.9 Å². The predicted molar refractivity (Wildman–Crippen MR) is 139 cm³/mol. The maximum atomic E-state index is 13.4. The Morgan fingerprint density at radius 1 is 1.00 bits per heavy atom. The summed E-state index contributed by atoms with van der Waals surface area (Å²) in [7, 11) is 0. The molecule has 194 valence electrons. The average Bonchev–Trinajstić information content (AvgIpc) is 3.52. The number of hydrogen-bond acceptors (Lipinski definition) is 6. The molecule has 0 bridgehead atoms. The van der Waals surface area contributed by atoms with Crippen LogP contribution in [0.3, 0.4) is 0 Å². The van der Waals surface area contributed by atoms with Crippen LogP contribution in [0.25, 0.3) is 17.0 Å². The van der Waals surface area contributed by atoms with Crippen molar-refractivity contribution < 1.29 is 33.0 Å². The van der Waals surface area contributed by atoms with Crippen molar-refractivity contribution >= 4 is 52.1 Å². The lowest BCUT2D eigenvalue weighted by Gasteiger charge is -2.26. The summed E-state index contributed by atoms with van der Waals surface area (Å²) in [5.74, 6) is -1.57. The highest BCUT2D eigenvalue weighted by molar-refractivity contribution is 6.39. The molecule has 1 fully saturated rings. The minimum Gasteiger partial charge on any atom is -0.454 e. The normalized spacial score (nSPS) is 15.7. The second-order valence-electron chi connectivity index (χ2n) is 8.78. The minimum atomic E-state index is -0.888. The van der Waals surface area contributed by atoms with E-state index in [4.69, 9.17) is 9.47 Å². The molecule has 3 aromatic carbocycles. The van der Waals surface area contributed by atoms with Gasteiger partial charge in [-0.25, -0.2) is 14.1 Å². The van der Waals surface area contributed by atoms with E-state index in [0.717, 1.165) is 4.90 Å². The number of para-hydroxylation sites is 1. The number of fused-ring (bicyclic) bond motifs is 2. The van der Waals surface area contributed by atoms with E-state index in [9.17, 15) is 23.6 Å². The maximum Gasteiger partial charge on any atom is 0.335 e. The molecule has 6 rings (SSSR count). The van der Waals surface area contributed by atoms with E-state index < -0.39 is 23.7 Å². The van der Waals surface area contributed by atoms with Gasteiger partial charge >= 0.3 is 6.03 Å². The highest BCUT2D eigenvalue weighted by Gasteiger charge is 2.37. The minimum absolute atomic E-state index is 0.0224. The third-order valence-corrected chi connectivity index (χ3v) is 6.28. The van der Waals surface area contributed by atoms with Crippen LogP contribution >= 0.6 is 0 Å². The summed E-state index contributed by atoms with van der Waals surface area (Å²) >= 11 is 0. The van der Waals surface area contributed by atoms with E-state index in [1.54, 1.807) is 41.1 Å². The first-order valence-corrected chi connectivity index (χ1v) is 11.8. The van der Waals surface area contributed by atoms with Crippen molar-refractivity contribution in [3.8, 4) is 11.5 Å². The number of imide groups is 2. The van der Waals surface area contributed by atoms with Crippen molar-refractivity contribution in [2.24, 2.45) is 0 Å². The Morgan fingerprint density at radius 3 is 2.59 bits per heavy atom. The summed E-state index contributed by atoms with van der Waals surface area (Å²) in [6, 6.07) is 16.3. The number of carbonyl (C=O) groups excluding carboxylic acids is 4. The van der Waals surface area contributed by atoms with Gasteiger partial charge in [0, 0.05) is 34.4 Å². The van der Waals surface area contributed by atoms with Crippen molar-refractivity contribution in [2.45, 2.75) is 6.54 Å². The van der Waals surface area contributed by atoms with Crippen LogP contribution in [0.1, 0.15) is 5.56 Å². The van der Waals surface area contributed by atoms with Crippen LogP contribution in [0.5, 0.6) is 11.5 Å². The zero-order valence-corrected chi connectivity index (χ0v) is 20.1. The molecule has 3 heterocycles. The van der Waals surface area contributed by atoms with Crippen molar-refractivity contribution in [1.29, 1.82) is 0 Å². The molecule has 5 amide bonds. The Balaban J connectivity index is 1.32. The van der Waals surface area contributed by atoms with E-state index in [-0.39, 0.29) is 30.5 Å². The second-order valence-corrected chi connectivity index (χ2v) is 8.78. The number of anilines is 2. The van der Waals surface area contributed by atoms with Gasteiger partial charge in [0.2, 0.25) is 12.7 Å². The SMILES string of the molecule is O=C(Cn1cc(/C=C2\C(=O)NC(=O)N(c3ccc4c(c3)OCO4)C2=O)c2ccccc21)Nc1ccc(F)cc1. The van der Waals surface area contributed by atoms with Crippen LogP contribution in [0.4, 0.5) is 20.6 Å². The van der Waals surface area contributed by atoms with Gasteiger partial charge in [-0.2, -0.15) is 0 Å². The summed E-state index contributed by atoms with van der Waals surface area (Å²) in [5, 5.41) is 5.60. The third kappa shape index (κ3) is 4.46. The van der Waals surface area contributed by atoms with Gasteiger partial charge in [-0.1, -0.05) is 18.2 Å². The number of halogens is 1. The molecule has 39 heavy (non-hydrogen) atoms. The topological polar surface area (TPSA) is 119 Å². The number of amides is 5. The summed E-state index contributed by atoms with van der Waals surface area (Å²) in [5.41, 5.74) is 1.58. The Morgan fingerprint density at radius 2 is 1.77 bits per heavy atom. The summed E-state index contributed by atoms with van der Waals surface area (Å²) in [6.07, 6.45) is 3.03. The van der Waals surface area contributed by atoms with Crippen molar-refractivity contribution in [3.63, 3.8) is 0 Å². The Hall–Kier alpha value is -5.45. The van der Waals surface area contributed by atoms with Gasteiger partial charge in [0.05, 0.1) is 5.69 Å². The molecule has 1 saturated heterocycles. The number of aromatic nitrogens is 1. The number of nitrogens with one attached hydrogen (secondary N) is 2. The van der Waals surface area contributed by atoms with Crippen LogP contribution in [-0.4, -0.2) is 35.1 Å². The number of carbonyl (C=O) groups is 4.